The van der Waals surface area contributed by atoms with Crippen LogP contribution in [-0.2, 0) is 0 Å². The molecule has 1 saturated carbocycles. The predicted molar refractivity (Wildman–Crippen MR) is 64.2 cm³/mol. The fraction of sp³-hybridized carbons (Fsp3) is 1.00. The molecule has 0 nitrogen and oxygen atoms in total. The Balaban J connectivity index is 0. The Morgan fingerprint density at radius 3 is 1.38 bits per heavy atom. The summed E-state index contributed by atoms with van der Waals surface area (Å²) < 4.78 is 0. The average molecular weight is 186 g/mol. The van der Waals surface area contributed by atoms with E-state index in [0.717, 1.165) is 5.92 Å². The maximum Gasteiger partial charge on any atom is -0.0443 e. The SMILES string of the molecule is CC.CC1CCCCC1.CCCC. The summed E-state index contributed by atoms with van der Waals surface area (Å²) in [6, 6.07) is 0. The molecule has 0 heteroatoms. The maximum atomic E-state index is 2.36. The Bertz CT molecular complexity index is 58.4. The van der Waals surface area contributed by atoms with Crippen LogP contribution in [0, 0.1) is 5.92 Å². The quantitative estimate of drug-likeness (QED) is 0.513. The summed E-state index contributed by atoms with van der Waals surface area (Å²) in [5, 5.41) is 0. The second-order valence-corrected chi connectivity index (χ2v) is 3.74. The van der Waals surface area contributed by atoms with E-state index in [4.69, 9.17) is 0 Å². The third-order valence-electron chi connectivity index (χ3n) is 2.39. The molecule has 0 aliphatic heterocycles. The molecule has 13 heavy (non-hydrogen) atoms. The third-order valence-corrected chi connectivity index (χ3v) is 2.39. The first-order chi connectivity index (χ1) is 6.31. The van der Waals surface area contributed by atoms with Gasteiger partial charge in [0.2, 0.25) is 0 Å². The molecule has 0 radical (unpaired) electrons. The van der Waals surface area contributed by atoms with Gasteiger partial charge in [0.05, 0.1) is 0 Å². The van der Waals surface area contributed by atoms with E-state index in [2.05, 4.69) is 20.8 Å². The van der Waals surface area contributed by atoms with E-state index in [1.807, 2.05) is 13.8 Å². The Hall–Kier alpha value is 0. The van der Waals surface area contributed by atoms with Gasteiger partial charge in [-0.2, -0.15) is 0 Å². The normalized spacial score (nSPS) is 16.4. The zero-order chi connectivity index (χ0) is 10.5. The van der Waals surface area contributed by atoms with Crippen molar-refractivity contribution in [3.8, 4) is 0 Å². The minimum atomic E-state index is 1.04. The van der Waals surface area contributed by atoms with Crippen molar-refractivity contribution in [3.63, 3.8) is 0 Å². The summed E-state index contributed by atoms with van der Waals surface area (Å²) in [6.07, 6.45) is 10.1. The molecule has 0 saturated heterocycles. The van der Waals surface area contributed by atoms with E-state index in [1.54, 1.807) is 0 Å². The highest BCUT2D eigenvalue weighted by atomic mass is 14.1. The molecule has 0 N–H and O–H groups in total. The molecule has 0 aromatic carbocycles. The van der Waals surface area contributed by atoms with E-state index in [0.29, 0.717) is 0 Å². The molecule has 0 atom stereocenters. The number of hydrogen-bond acceptors (Lipinski definition) is 0. The van der Waals surface area contributed by atoms with Crippen molar-refractivity contribution in [2.75, 3.05) is 0 Å². The van der Waals surface area contributed by atoms with Gasteiger partial charge in [0.1, 0.15) is 0 Å². The van der Waals surface area contributed by atoms with Crippen molar-refractivity contribution in [2.45, 2.75) is 79.6 Å². The second-order valence-electron chi connectivity index (χ2n) is 3.74. The fourth-order valence-electron chi connectivity index (χ4n) is 1.31. The molecule has 1 rings (SSSR count). The number of rotatable bonds is 1. The lowest BCUT2D eigenvalue weighted by atomic mass is 9.91. The number of unbranched alkanes of at least 4 members (excludes halogenated alkanes) is 1. The van der Waals surface area contributed by atoms with Crippen LogP contribution in [0.3, 0.4) is 0 Å². The van der Waals surface area contributed by atoms with Gasteiger partial charge in [-0.05, 0) is 5.92 Å². The van der Waals surface area contributed by atoms with Gasteiger partial charge in [0.15, 0.2) is 0 Å². The predicted octanol–water partition coefficient (Wildman–Crippen LogP) is 5.42. The van der Waals surface area contributed by atoms with Crippen LogP contribution in [0.4, 0.5) is 0 Å². The molecule has 0 spiro atoms. The van der Waals surface area contributed by atoms with Gasteiger partial charge in [0.25, 0.3) is 0 Å². The third kappa shape index (κ3) is 14.8. The summed E-state index contributed by atoms with van der Waals surface area (Å²) in [6.45, 7) is 10.7. The van der Waals surface area contributed by atoms with Crippen LogP contribution in [0.1, 0.15) is 79.6 Å². The van der Waals surface area contributed by atoms with E-state index in [-0.39, 0.29) is 0 Å². The average Bonchev–Trinajstić information content (AvgIpc) is 2.22. The van der Waals surface area contributed by atoms with Gasteiger partial charge >= 0.3 is 0 Å². The Kier molecular flexibility index (Phi) is 17.3. The van der Waals surface area contributed by atoms with Gasteiger partial charge in [-0.3, -0.25) is 0 Å². The van der Waals surface area contributed by atoms with Gasteiger partial charge in [-0.1, -0.05) is 79.6 Å². The Labute approximate surface area is 86.1 Å². The van der Waals surface area contributed by atoms with Crippen LogP contribution in [0.25, 0.3) is 0 Å². The topological polar surface area (TPSA) is 0 Å². The Morgan fingerprint density at radius 1 is 0.846 bits per heavy atom. The summed E-state index contributed by atoms with van der Waals surface area (Å²) in [4.78, 5) is 0. The van der Waals surface area contributed by atoms with Crippen LogP contribution in [0.2, 0.25) is 0 Å². The first-order valence-corrected chi connectivity index (χ1v) is 6.31. The van der Waals surface area contributed by atoms with Gasteiger partial charge < -0.3 is 0 Å². The van der Waals surface area contributed by atoms with E-state index < -0.39 is 0 Å². The molecular weight excluding hydrogens is 156 g/mol. The van der Waals surface area contributed by atoms with E-state index in [1.165, 1.54) is 44.9 Å². The van der Waals surface area contributed by atoms with Crippen molar-refractivity contribution in [1.82, 2.24) is 0 Å². The highest BCUT2D eigenvalue weighted by Crippen LogP contribution is 2.21. The summed E-state index contributed by atoms with van der Waals surface area (Å²) in [5.74, 6) is 1.04. The van der Waals surface area contributed by atoms with Crippen LogP contribution in [-0.4, -0.2) is 0 Å². The molecule has 1 aliphatic carbocycles. The highest BCUT2D eigenvalue weighted by molar-refractivity contribution is 4.59. The van der Waals surface area contributed by atoms with Gasteiger partial charge in [0, 0.05) is 0 Å². The highest BCUT2D eigenvalue weighted by Gasteiger charge is 2.05. The molecule has 0 heterocycles. The summed E-state index contributed by atoms with van der Waals surface area (Å²) in [7, 11) is 0. The van der Waals surface area contributed by atoms with E-state index >= 15 is 0 Å². The fourth-order valence-corrected chi connectivity index (χ4v) is 1.31. The molecule has 0 unspecified atom stereocenters. The van der Waals surface area contributed by atoms with Crippen LogP contribution < -0.4 is 0 Å². The molecular formula is C13H30. The van der Waals surface area contributed by atoms with Crippen LogP contribution >= 0.6 is 0 Å². The standard InChI is InChI=1S/C7H14.C4H10.C2H6/c1-7-5-3-2-4-6-7;1-3-4-2;1-2/h7H,2-6H2,1H3;3-4H2,1-2H3;1-2H3. The molecule has 82 valence electrons. The lowest BCUT2D eigenvalue weighted by Crippen LogP contribution is -1.99. The van der Waals surface area contributed by atoms with Gasteiger partial charge in [-0.15, -0.1) is 0 Å². The van der Waals surface area contributed by atoms with E-state index in [9.17, 15) is 0 Å². The molecule has 0 aromatic rings. The minimum Gasteiger partial charge on any atom is -0.0683 e. The van der Waals surface area contributed by atoms with Crippen molar-refractivity contribution in [1.29, 1.82) is 0 Å². The number of hydrogen-bond donors (Lipinski definition) is 0. The second kappa shape index (κ2) is 14.5. The lowest BCUT2D eigenvalue weighted by Gasteiger charge is -2.15. The van der Waals surface area contributed by atoms with Crippen molar-refractivity contribution < 1.29 is 0 Å². The monoisotopic (exact) mass is 186 g/mol. The first-order valence-electron chi connectivity index (χ1n) is 6.31. The van der Waals surface area contributed by atoms with Crippen molar-refractivity contribution in [3.05, 3.63) is 0 Å². The van der Waals surface area contributed by atoms with Crippen LogP contribution in [0.15, 0.2) is 0 Å². The molecule has 0 aromatic heterocycles. The molecule has 0 amide bonds. The molecule has 1 fully saturated rings. The maximum absolute atomic E-state index is 2.36. The van der Waals surface area contributed by atoms with Crippen molar-refractivity contribution in [2.24, 2.45) is 5.92 Å². The molecule has 1 aliphatic rings. The minimum absolute atomic E-state index is 1.04. The Morgan fingerprint density at radius 2 is 1.23 bits per heavy atom. The largest absolute Gasteiger partial charge is 0.0683 e. The smallest absolute Gasteiger partial charge is 0.0443 e. The first kappa shape index (κ1) is 15.5. The lowest BCUT2D eigenvalue weighted by molar-refractivity contribution is 0.385. The van der Waals surface area contributed by atoms with Gasteiger partial charge in [-0.25, -0.2) is 0 Å². The zero-order valence-corrected chi connectivity index (χ0v) is 10.5. The summed E-state index contributed by atoms with van der Waals surface area (Å²) >= 11 is 0. The summed E-state index contributed by atoms with van der Waals surface area (Å²) in [5.41, 5.74) is 0. The zero-order valence-electron chi connectivity index (χ0n) is 10.5. The van der Waals surface area contributed by atoms with Crippen molar-refractivity contribution >= 4 is 0 Å². The van der Waals surface area contributed by atoms with Crippen LogP contribution in [0.5, 0.6) is 0 Å². The molecule has 0 bridgehead atoms.